The van der Waals surface area contributed by atoms with Gasteiger partial charge in [0.1, 0.15) is 17.6 Å². The van der Waals surface area contributed by atoms with Crippen LogP contribution in [0.5, 0.6) is 5.75 Å². The Morgan fingerprint density at radius 1 is 1.25 bits per heavy atom. The van der Waals surface area contributed by atoms with Gasteiger partial charge in [-0.2, -0.15) is 4.98 Å². The average Bonchev–Trinajstić information content (AvgIpc) is 3.38. The van der Waals surface area contributed by atoms with Gasteiger partial charge in [0.25, 0.3) is 0 Å². The third-order valence-electron chi connectivity index (χ3n) is 4.94. The Morgan fingerprint density at radius 3 is 2.82 bits per heavy atom. The first kappa shape index (κ1) is 18.2. The maximum Gasteiger partial charge on any atom is 0.249 e. The fourth-order valence-corrected chi connectivity index (χ4v) is 3.52. The van der Waals surface area contributed by atoms with Gasteiger partial charge in [-0.05, 0) is 43.2 Å². The molecule has 0 radical (unpaired) electrons. The topological polar surface area (TPSA) is 68.5 Å². The Bertz CT molecular complexity index is 971. The number of carbonyl (C=O) groups is 1. The van der Waals surface area contributed by atoms with Crippen LogP contribution < -0.4 is 4.74 Å². The lowest BCUT2D eigenvalue weighted by atomic mass is 10.1. The zero-order valence-corrected chi connectivity index (χ0v) is 15.5. The summed E-state index contributed by atoms with van der Waals surface area (Å²) in [6, 6.07) is 13.2. The van der Waals surface area contributed by atoms with E-state index in [2.05, 4.69) is 10.1 Å². The van der Waals surface area contributed by atoms with Crippen molar-refractivity contribution in [2.75, 3.05) is 13.7 Å². The number of carbonyl (C=O) groups excluding carboxylic acids is 1. The number of benzene rings is 2. The van der Waals surface area contributed by atoms with Crippen LogP contribution in [-0.4, -0.2) is 34.6 Å². The van der Waals surface area contributed by atoms with E-state index in [0.717, 1.165) is 18.4 Å². The Hall–Kier alpha value is -3.22. The molecular weight excluding hydrogens is 361 g/mol. The molecule has 1 aliphatic heterocycles. The van der Waals surface area contributed by atoms with Crippen molar-refractivity contribution in [2.24, 2.45) is 0 Å². The molecule has 4 rings (SSSR count). The number of hydrogen-bond donors (Lipinski definition) is 0. The maximum absolute atomic E-state index is 13.1. The smallest absolute Gasteiger partial charge is 0.249 e. The summed E-state index contributed by atoms with van der Waals surface area (Å²) >= 11 is 0. The zero-order valence-electron chi connectivity index (χ0n) is 15.5. The van der Waals surface area contributed by atoms with Crippen LogP contribution in [-0.2, 0) is 11.2 Å². The quantitative estimate of drug-likeness (QED) is 0.673. The van der Waals surface area contributed by atoms with Crippen LogP contribution in [0.4, 0.5) is 4.39 Å². The van der Waals surface area contributed by atoms with Gasteiger partial charge in [0.05, 0.1) is 13.5 Å². The molecule has 2 aromatic carbocycles. The third-order valence-corrected chi connectivity index (χ3v) is 4.94. The fraction of sp³-hybridized carbons (Fsp3) is 0.286. The van der Waals surface area contributed by atoms with E-state index in [1.807, 2.05) is 24.3 Å². The van der Waals surface area contributed by atoms with Crippen molar-refractivity contribution in [3.05, 3.63) is 65.8 Å². The van der Waals surface area contributed by atoms with Gasteiger partial charge in [-0.3, -0.25) is 4.79 Å². The van der Waals surface area contributed by atoms with Gasteiger partial charge in [0.2, 0.25) is 17.6 Å². The molecule has 7 heteroatoms. The average molecular weight is 381 g/mol. The predicted molar refractivity (Wildman–Crippen MR) is 100 cm³/mol. The van der Waals surface area contributed by atoms with Gasteiger partial charge in [0.15, 0.2) is 0 Å². The zero-order chi connectivity index (χ0) is 19.5. The molecule has 0 unspecified atom stereocenters. The van der Waals surface area contributed by atoms with E-state index >= 15 is 0 Å². The first-order valence-corrected chi connectivity index (χ1v) is 9.16. The number of ether oxygens (including phenoxy) is 1. The molecule has 0 N–H and O–H groups in total. The molecule has 0 aliphatic carbocycles. The molecule has 28 heavy (non-hydrogen) atoms. The Kier molecular flexibility index (Phi) is 5.06. The van der Waals surface area contributed by atoms with E-state index < -0.39 is 0 Å². The van der Waals surface area contributed by atoms with Crippen molar-refractivity contribution in [1.82, 2.24) is 15.0 Å². The molecule has 6 nitrogen and oxygen atoms in total. The molecule has 0 saturated carbocycles. The van der Waals surface area contributed by atoms with E-state index in [9.17, 15) is 9.18 Å². The highest BCUT2D eigenvalue weighted by atomic mass is 19.1. The lowest BCUT2D eigenvalue weighted by Gasteiger charge is -2.22. The molecule has 2 heterocycles. The summed E-state index contributed by atoms with van der Waals surface area (Å²) in [4.78, 5) is 19.2. The van der Waals surface area contributed by atoms with Gasteiger partial charge in [-0.1, -0.05) is 23.4 Å². The maximum atomic E-state index is 13.1. The number of nitrogens with zero attached hydrogens (tertiary/aromatic N) is 3. The predicted octanol–water partition coefficient (Wildman–Crippen LogP) is 3.79. The summed E-state index contributed by atoms with van der Waals surface area (Å²) < 4.78 is 23.9. The second kappa shape index (κ2) is 7.80. The SMILES string of the molecule is COc1ccccc1CC(=O)N1CCC[C@H]1c1nc(-c2ccc(F)cc2)no1. The minimum absolute atomic E-state index is 0.00599. The molecule has 1 aromatic heterocycles. The van der Waals surface area contributed by atoms with Crippen molar-refractivity contribution in [3.8, 4) is 17.1 Å². The van der Waals surface area contributed by atoms with Crippen LogP contribution in [0.2, 0.25) is 0 Å². The van der Waals surface area contributed by atoms with Crippen LogP contribution in [0.25, 0.3) is 11.4 Å². The summed E-state index contributed by atoms with van der Waals surface area (Å²) in [5, 5.41) is 4.00. The third kappa shape index (κ3) is 3.60. The molecule has 1 aliphatic rings. The number of para-hydroxylation sites is 1. The summed E-state index contributed by atoms with van der Waals surface area (Å²) in [5.41, 5.74) is 1.51. The summed E-state index contributed by atoms with van der Waals surface area (Å²) in [6.07, 6.45) is 1.89. The number of rotatable bonds is 5. The Balaban J connectivity index is 1.52. The van der Waals surface area contributed by atoms with Crippen molar-refractivity contribution in [2.45, 2.75) is 25.3 Å². The van der Waals surface area contributed by atoms with E-state index in [1.165, 1.54) is 12.1 Å². The van der Waals surface area contributed by atoms with E-state index in [-0.39, 0.29) is 24.2 Å². The first-order chi connectivity index (χ1) is 13.7. The number of aromatic nitrogens is 2. The summed E-state index contributed by atoms with van der Waals surface area (Å²) in [5.74, 6) is 1.16. The lowest BCUT2D eigenvalue weighted by Crippen LogP contribution is -2.32. The summed E-state index contributed by atoms with van der Waals surface area (Å²) in [6.45, 7) is 0.646. The second-order valence-electron chi connectivity index (χ2n) is 6.70. The number of halogens is 1. The molecule has 1 amide bonds. The van der Waals surface area contributed by atoms with E-state index in [0.29, 0.717) is 29.6 Å². The Labute approximate surface area is 161 Å². The fourth-order valence-electron chi connectivity index (χ4n) is 3.52. The number of amides is 1. The number of methoxy groups -OCH3 is 1. The lowest BCUT2D eigenvalue weighted by molar-refractivity contribution is -0.131. The van der Waals surface area contributed by atoms with Gasteiger partial charge in [-0.25, -0.2) is 4.39 Å². The van der Waals surface area contributed by atoms with Gasteiger partial charge in [0, 0.05) is 17.7 Å². The van der Waals surface area contributed by atoms with Gasteiger partial charge in [-0.15, -0.1) is 0 Å². The number of likely N-dealkylation sites (tertiary alicyclic amines) is 1. The monoisotopic (exact) mass is 381 g/mol. The number of hydrogen-bond acceptors (Lipinski definition) is 5. The molecule has 1 fully saturated rings. The van der Waals surface area contributed by atoms with Crippen LogP contribution >= 0.6 is 0 Å². The second-order valence-corrected chi connectivity index (χ2v) is 6.70. The van der Waals surface area contributed by atoms with Crippen molar-refractivity contribution < 1.29 is 18.4 Å². The first-order valence-electron chi connectivity index (χ1n) is 9.16. The van der Waals surface area contributed by atoms with Crippen molar-refractivity contribution >= 4 is 5.91 Å². The van der Waals surface area contributed by atoms with Crippen LogP contribution in [0, 0.1) is 5.82 Å². The molecule has 1 saturated heterocycles. The van der Waals surface area contributed by atoms with Crippen LogP contribution in [0.1, 0.15) is 30.3 Å². The highest BCUT2D eigenvalue weighted by molar-refractivity contribution is 5.80. The van der Waals surface area contributed by atoms with Gasteiger partial charge >= 0.3 is 0 Å². The van der Waals surface area contributed by atoms with Crippen LogP contribution in [0.15, 0.2) is 53.1 Å². The summed E-state index contributed by atoms with van der Waals surface area (Å²) in [7, 11) is 1.59. The van der Waals surface area contributed by atoms with Crippen LogP contribution in [0.3, 0.4) is 0 Å². The normalized spacial score (nSPS) is 16.4. The molecule has 1 atom stereocenters. The largest absolute Gasteiger partial charge is 0.496 e. The van der Waals surface area contributed by atoms with Crippen molar-refractivity contribution in [3.63, 3.8) is 0 Å². The Morgan fingerprint density at radius 2 is 2.04 bits per heavy atom. The van der Waals surface area contributed by atoms with Crippen molar-refractivity contribution in [1.29, 1.82) is 0 Å². The highest BCUT2D eigenvalue weighted by Crippen LogP contribution is 2.33. The molecule has 3 aromatic rings. The molecule has 0 bridgehead atoms. The minimum atomic E-state index is -0.323. The van der Waals surface area contributed by atoms with Gasteiger partial charge < -0.3 is 14.2 Å². The van der Waals surface area contributed by atoms with E-state index in [4.69, 9.17) is 9.26 Å². The van der Waals surface area contributed by atoms with E-state index in [1.54, 1.807) is 24.1 Å². The molecular formula is C21H20FN3O3. The standard InChI is InChI=1S/C21H20FN3O3/c1-27-18-7-3-2-5-15(18)13-19(26)25-12-4-6-17(25)21-23-20(24-28-21)14-8-10-16(22)11-9-14/h2-3,5,7-11,17H,4,6,12-13H2,1H3/t17-/m0/s1. The highest BCUT2D eigenvalue weighted by Gasteiger charge is 2.34. The molecule has 144 valence electrons. The molecule has 0 spiro atoms. The minimum Gasteiger partial charge on any atom is -0.496 e.